The van der Waals surface area contributed by atoms with Gasteiger partial charge in [0.25, 0.3) is 0 Å². The highest BCUT2D eigenvalue weighted by atomic mass is 19.1. The molecule has 6 nitrogen and oxygen atoms in total. The maximum absolute atomic E-state index is 13.8. The highest BCUT2D eigenvalue weighted by molar-refractivity contribution is 5.88. The van der Waals surface area contributed by atoms with Gasteiger partial charge in [0, 0.05) is 18.0 Å². The van der Waals surface area contributed by atoms with Crippen molar-refractivity contribution in [2.75, 3.05) is 5.73 Å². The standard InChI is InChI=1S/C14H10FN3O3/c15-10-6-9(16)1-2-12(10)21-13-5-8(14(19)20)7-18-11(13)3-4-17-18/h1-7H,16H2,(H,19,20). The van der Waals surface area contributed by atoms with E-state index in [-0.39, 0.29) is 22.7 Å². The van der Waals surface area contributed by atoms with Crippen LogP contribution in [0.3, 0.4) is 0 Å². The second kappa shape index (κ2) is 4.78. The summed E-state index contributed by atoms with van der Waals surface area (Å²) in [7, 11) is 0. The number of anilines is 1. The Hall–Kier alpha value is -3.09. The first kappa shape index (κ1) is 12.9. The molecule has 0 bridgehead atoms. The summed E-state index contributed by atoms with van der Waals surface area (Å²) in [5.74, 6) is -1.62. The number of hydrogen-bond donors (Lipinski definition) is 2. The Morgan fingerprint density at radius 2 is 2.10 bits per heavy atom. The first-order valence-corrected chi connectivity index (χ1v) is 5.98. The van der Waals surface area contributed by atoms with E-state index < -0.39 is 11.8 Å². The fraction of sp³-hybridized carbons (Fsp3) is 0. The highest BCUT2D eigenvalue weighted by Crippen LogP contribution is 2.30. The zero-order valence-electron chi connectivity index (χ0n) is 10.7. The van der Waals surface area contributed by atoms with E-state index in [4.69, 9.17) is 15.6 Å². The molecule has 0 unspecified atom stereocenters. The molecule has 7 heteroatoms. The van der Waals surface area contributed by atoms with Crippen LogP contribution >= 0.6 is 0 Å². The van der Waals surface area contributed by atoms with Crippen molar-refractivity contribution in [1.82, 2.24) is 9.61 Å². The van der Waals surface area contributed by atoms with Crippen molar-refractivity contribution in [3.05, 3.63) is 54.1 Å². The summed E-state index contributed by atoms with van der Waals surface area (Å²) in [6.45, 7) is 0. The number of hydrogen-bond acceptors (Lipinski definition) is 4. The van der Waals surface area contributed by atoms with Crippen LogP contribution in [0.5, 0.6) is 11.5 Å². The molecular weight excluding hydrogens is 277 g/mol. The Kier molecular flexibility index (Phi) is 2.94. The van der Waals surface area contributed by atoms with Crippen molar-refractivity contribution in [2.24, 2.45) is 0 Å². The number of nitrogens with zero attached hydrogens (tertiary/aromatic N) is 2. The van der Waals surface area contributed by atoms with E-state index in [9.17, 15) is 9.18 Å². The van der Waals surface area contributed by atoms with E-state index in [1.165, 1.54) is 35.1 Å². The average molecular weight is 287 g/mol. The monoisotopic (exact) mass is 287 g/mol. The first-order chi connectivity index (χ1) is 10.0. The average Bonchev–Trinajstić information content (AvgIpc) is 2.90. The van der Waals surface area contributed by atoms with Crippen LogP contribution in [-0.4, -0.2) is 20.7 Å². The number of aromatic carboxylic acids is 1. The van der Waals surface area contributed by atoms with Crippen LogP contribution in [0.4, 0.5) is 10.1 Å². The van der Waals surface area contributed by atoms with Gasteiger partial charge in [0.1, 0.15) is 5.52 Å². The number of carboxylic acids is 1. The number of nitrogen functional groups attached to an aromatic ring is 1. The number of nitrogens with two attached hydrogens (primary N) is 1. The number of fused-ring (bicyclic) bond motifs is 1. The van der Waals surface area contributed by atoms with Gasteiger partial charge >= 0.3 is 5.97 Å². The molecule has 3 rings (SSSR count). The van der Waals surface area contributed by atoms with E-state index in [1.807, 2.05) is 0 Å². The maximum atomic E-state index is 13.8. The molecule has 0 atom stereocenters. The number of ether oxygens (including phenoxy) is 1. The minimum Gasteiger partial charge on any atom is -0.478 e. The van der Waals surface area contributed by atoms with Gasteiger partial charge in [0.15, 0.2) is 17.3 Å². The van der Waals surface area contributed by atoms with Crippen molar-refractivity contribution in [3.63, 3.8) is 0 Å². The van der Waals surface area contributed by atoms with E-state index in [0.29, 0.717) is 5.52 Å². The lowest BCUT2D eigenvalue weighted by Crippen LogP contribution is -2.02. The van der Waals surface area contributed by atoms with Crippen LogP contribution in [0.2, 0.25) is 0 Å². The van der Waals surface area contributed by atoms with Crippen LogP contribution in [0.25, 0.3) is 5.52 Å². The minimum absolute atomic E-state index is 0.0166. The number of pyridine rings is 1. The maximum Gasteiger partial charge on any atom is 0.337 e. The molecule has 0 radical (unpaired) electrons. The molecule has 21 heavy (non-hydrogen) atoms. The van der Waals surface area contributed by atoms with Gasteiger partial charge in [-0.15, -0.1) is 0 Å². The van der Waals surface area contributed by atoms with Gasteiger partial charge in [0.2, 0.25) is 0 Å². The van der Waals surface area contributed by atoms with E-state index in [1.54, 1.807) is 6.07 Å². The molecule has 2 aromatic heterocycles. The quantitative estimate of drug-likeness (QED) is 0.722. The molecule has 0 saturated carbocycles. The normalized spacial score (nSPS) is 10.7. The molecular formula is C14H10FN3O3. The molecule has 0 aliphatic heterocycles. The van der Waals surface area contributed by atoms with Crippen molar-refractivity contribution in [3.8, 4) is 11.5 Å². The van der Waals surface area contributed by atoms with E-state index in [2.05, 4.69) is 5.10 Å². The summed E-state index contributed by atoms with van der Waals surface area (Å²) in [4.78, 5) is 11.1. The molecule has 0 fully saturated rings. The smallest absolute Gasteiger partial charge is 0.337 e. The van der Waals surface area contributed by atoms with Gasteiger partial charge in [0.05, 0.1) is 11.8 Å². The van der Waals surface area contributed by atoms with Crippen LogP contribution in [0.15, 0.2) is 42.7 Å². The number of rotatable bonds is 3. The fourth-order valence-electron chi connectivity index (χ4n) is 1.91. The van der Waals surface area contributed by atoms with Gasteiger partial charge < -0.3 is 15.6 Å². The zero-order valence-corrected chi connectivity index (χ0v) is 10.7. The topological polar surface area (TPSA) is 89.8 Å². The second-order valence-electron chi connectivity index (χ2n) is 4.35. The molecule has 1 aromatic carbocycles. The van der Waals surface area contributed by atoms with Gasteiger partial charge in [-0.2, -0.15) is 5.10 Å². The predicted octanol–water partition coefficient (Wildman–Crippen LogP) is 2.55. The second-order valence-corrected chi connectivity index (χ2v) is 4.35. The van der Waals surface area contributed by atoms with Crippen LogP contribution in [0, 0.1) is 5.82 Å². The lowest BCUT2D eigenvalue weighted by molar-refractivity contribution is 0.0696. The Bertz CT molecular complexity index is 845. The summed E-state index contributed by atoms with van der Waals surface area (Å²) in [5, 5.41) is 13.0. The van der Waals surface area contributed by atoms with E-state index in [0.717, 1.165) is 6.07 Å². The van der Waals surface area contributed by atoms with Crippen LogP contribution in [-0.2, 0) is 0 Å². The lowest BCUT2D eigenvalue weighted by atomic mass is 10.2. The molecule has 106 valence electrons. The fourth-order valence-corrected chi connectivity index (χ4v) is 1.91. The van der Waals surface area contributed by atoms with Crippen LogP contribution in [0.1, 0.15) is 10.4 Å². The Balaban J connectivity index is 2.10. The van der Waals surface area contributed by atoms with Gasteiger partial charge in [-0.3, -0.25) is 0 Å². The summed E-state index contributed by atoms with van der Waals surface area (Å²) in [6.07, 6.45) is 2.84. The number of benzene rings is 1. The SMILES string of the molecule is Nc1ccc(Oc2cc(C(=O)O)cn3nccc23)c(F)c1. The number of halogens is 1. The van der Waals surface area contributed by atoms with E-state index >= 15 is 0 Å². The predicted molar refractivity (Wildman–Crippen MR) is 73.0 cm³/mol. The first-order valence-electron chi connectivity index (χ1n) is 5.98. The Morgan fingerprint density at radius 1 is 1.29 bits per heavy atom. The molecule has 2 heterocycles. The van der Waals surface area contributed by atoms with Crippen molar-refractivity contribution >= 4 is 17.2 Å². The molecule has 0 amide bonds. The van der Waals surface area contributed by atoms with Gasteiger partial charge in [-0.1, -0.05) is 0 Å². The van der Waals surface area contributed by atoms with Crippen molar-refractivity contribution in [2.45, 2.75) is 0 Å². The molecule has 3 N–H and O–H groups in total. The third-order valence-electron chi connectivity index (χ3n) is 2.89. The number of carbonyl (C=O) groups is 1. The summed E-state index contributed by atoms with van der Waals surface area (Å²) < 4.78 is 20.6. The van der Waals surface area contributed by atoms with Gasteiger partial charge in [-0.05, 0) is 24.3 Å². The third-order valence-corrected chi connectivity index (χ3v) is 2.89. The largest absolute Gasteiger partial charge is 0.478 e. The van der Waals surface area contributed by atoms with Gasteiger partial charge in [-0.25, -0.2) is 13.7 Å². The van der Waals surface area contributed by atoms with Crippen molar-refractivity contribution < 1.29 is 19.0 Å². The zero-order chi connectivity index (χ0) is 15.0. The highest BCUT2D eigenvalue weighted by Gasteiger charge is 2.13. The molecule has 0 spiro atoms. The number of carboxylic acid groups (broad SMARTS) is 1. The summed E-state index contributed by atoms with van der Waals surface area (Å²) in [5.41, 5.74) is 6.25. The lowest BCUT2D eigenvalue weighted by Gasteiger charge is -2.09. The Morgan fingerprint density at radius 3 is 2.81 bits per heavy atom. The molecule has 0 saturated heterocycles. The molecule has 0 aliphatic rings. The Labute approximate surface area is 118 Å². The minimum atomic E-state index is -1.13. The summed E-state index contributed by atoms with van der Waals surface area (Å²) in [6, 6.07) is 6.95. The van der Waals surface area contributed by atoms with Crippen LogP contribution < -0.4 is 10.5 Å². The molecule has 0 aliphatic carbocycles. The molecule has 3 aromatic rings. The number of aromatic nitrogens is 2. The third kappa shape index (κ3) is 2.36. The van der Waals surface area contributed by atoms with Crippen molar-refractivity contribution in [1.29, 1.82) is 0 Å². The summed E-state index contributed by atoms with van der Waals surface area (Å²) >= 11 is 0.